The van der Waals surface area contributed by atoms with Crippen LogP contribution in [0.5, 0.6) is 5.75 Å². The number of nitrogen functional groups attached to an aromatic ring is 1. The average molecular weight is 336 g/mol. The van der Waals surface area contributed by atoms with Gasteiger partial charge in [0.1, 0.15) is 12.4 Å². The lowest BCUT2D eigenvalue weighted by atomic mass is 10.1. The van der Waals surface area contributed by atoms with Crippen LogP contribution >= 0.6 is 15.9 Å². The van der Waals surface area contributed by atoms with E-state index in [0.29, 0.717) is 17.9 Å². The molecule has 0 saturated carbocycles. The topological polar surface area (TPSA) is 61.5 Å². The van der Waals surface area contributed by atoms with E-state index < -0.39 is 5.97 Å². The van der Waals surface area contributed by atoms with Crippen molar-refractivity contribution in [2.75, 3.05) is 12.8 Å². The maximum absolute atomic E-state index is 11.5. The van der Waals surface area contributed by atoms with Crippen LogP contribution in [0.25, 0.3) is 0 Å². The van der Waals surface area contributed by atoms with Gasteiger partial charge in [-0.25, -0.2) is 4.79 Å². The lowest BCUT2D eigenvalue weighted by Gasteiger charge is -2.12. The lowest BCUT2D eigenvalue weighted by Crippen LogP contribution is -2.07. The highest BCUT2D eigenvalue weighted by molar-refractivity contribution is 9.10. The first-order valence-corrected chi connectivity index (χ1v) is 6.75. The summed E-state index contributed by atoms with van der Waals surface area (Å²) in [6.45, 7) is 0.357. The zero-order valence-electron chi connectivity index (χ0n) is 10.9. The third-order valence-corrected chi connectivity index (χ3v) is 3.59. The summed E-state index contributed by atoms with van der Waals surface area (Å²) >= 11 is 3.45. The zero-order valence-corrected chi connectivity index (χ0v) is 12.5. The third-order valence-electron chi connectivity index (χ3n) is 2.81. The summed E-state index contributed by atoms with van der Waals surface area (Å²) in [4.78, 5) is 11.5. The molecule has 2 N–H and O–H groups in total. The van der Waals surface area contributed by atoms with Crippen LogP contribution < -0.4 is 10.5 Å². The fraction of sp³-hybridized carbons (Fsp3) is 0.133. The number of carbonyl (C=O) groups is 1. The van der Waals surface area contributed by atoms with Gasteiger partial charge >= 0.3 is 5.97 Å². The second kappa shape index (κ2) is 6.43. The minimum atomic E-state index is -0.478. The number of benzene rings is 2. The second-order valence-corrected chi connectivity index (χ2v) is 4.94. The Bertz CT molecular complexity index is 628. The molecule has 104 valence electrons. The number of para-hydroxylation sites is 1. The number of hydrogen-bond donors (Lipinski definition) is 1. The van der Waals surface area contributed by atoms with Crippen molar-refractivity contribution >= 4 is 27.6 Å². The molecule has 0 radical (unpaired) electrons. The zero-order chi connectivity index (χ0) is 14.5. The molecule has 0 spiro atoms. The maximum Gasteiger partial charge on any atom is 0.340 e. The fourth-order valence-electron chi connectivity index (χ4n) is 1.73. The molecule has 0 aliphatic carbocycles. The molecule has 0 amide bonds. The van der Waals surface area contributed by atoms with Gasteiger partial charge in [0.15, 0.2) is 0 Å². The quantitative estimate of drug-likeness (QED) is 0.687. The summed E-state index contributed by atoms with van der Waals surface area (Å²) in [5, 5.41) is 0. The molecular formula is C15H14BrNO3. The van der Waals surface area contributed by atoms with Gasteiger partial charge in [-0.05, 0) is 18.2 Å². The van der Waals surface area contributed by atoms with E-state index in [9.17, 15) is 4.79 Å². The number of nitrogens with two attached hydrogens (primary N) is 1. The Morgan fingerprint density at radius 3 is 2.65 bits per heavy atom. The molecule has 20 heavy (non-hydrogen) atoms. The lowest BCUT2D eigenvalue weighted by molar-refractivity contribution is 0.0601. The predicted molar refractivity (Wildman–Crippen MR) is 80.7 cm³/mol. The van der Waals surface area contributed by atoms with Crippen LogP contribution in [0, 0.1) is 0 Å². The highest BCUT2D eigenvalue weighted by atomic mass is 79.9. The van der Waals surface area contributed by atoms with Crippen molar-refractivity contribution in [2.24, 2.45) is 0 Å². The molecule has 0 fully saturated rings. The molecule has 2 rings (SSSR count). The van der Waals surface area contributed by atoms with E-state index in [1.807, 2.05) is 24.3 Å². The van der Waals surface area contributed by atoms with Crippen molar-refractivity contribution < 1.29 is 14.3 Å². The molecule has 5 heteroatoms. The Hall–Kier alpha value is -2.01. The Morgan fingerprint density at radius 2 is 1.95 bits per heavy atom. The fourth-order valence-corrected chi connectivity index (χ4v) is 2.13. The molecule has 0 unspecified atom stereocenters. The first-order valence-electron chi connectivity index (χ1n) is 5.96. The van der Waals surface area contributed by atoms with Gasteiger partial charge in [-0.15, -0.1) is 0 Å². The summed E-state index contributed by atoms with van der Waals surface area (Å²) in [6.07, 6.45) is 0. The van der Waals surface area contributed by atoms with Crippen molar-refractivity contribution in [3.05, 3.63) is 58.1 Å². The molecular weight excluding hydrogens is 322 g/mol. The van der Waals surface area contributed by atoms with E-state index >= 15 is 0 Å². The number of esters is 1. The number of carbonyl (C=O) groups excluding carboxylic acids is 1. The number of ether oxygens (including phenoxy) is 2. The summed E-state index contributed by atoms with van der Waals surface area (Å²) in [7, 11) is 1.32. The Labute approximate surface area is 125 Å². The van der Waals surface area contributed by atoms with Gasteiger partial charge in [0.05, 0.1) is 18.4 Å². The van der Waals surface area contributed by atoms with Crippen molar-refractivity contribution in [2.45, 2.75) is 6.61 Å². The second-order valence-electron chi connectivity index (χ2n) is 4.09. The van der Waals surface area contributed by atoms with E-state index in [1.165, 1.54) is 7.11 Å². The van der Waals surface area contributed by atoms with E-state index in [4.69, 9.17) is 10.5 Å². The van der Waals surface area contributed by atoms with Crippen molar-refractivity contribution in [3.63, 3.8) is 0 Å². The van der Waals surface area contributed by atoms with Crippen LogP contribution in [0.2, 0.25) is 0 Å². The highest BCUT2D eigenvalue weighted by Gasteiger charge is 2.13. The van der Waals surface area contributed by atoms with Crippen molar-refractivity contribution in [1.29, 1.82) is 0 Å². The molecule has 0 aliphatic rings. The van der Waals surface area contributed by atoms with Crippen molar-refractivity contribution in [1.82, 2.24) is 0 Å². The van der Waals surface area contributed by atoms with Crippen LogP contribution in [0.4, 0.5) is 5.69 Å². The standard InChI is InChI=1S/C15H14BrNO3/c1-19-15(18)11-6-4-8-13(14(11)17)20-9-10-5-2-3-7-12(10)16/h2-8H,9,17H2,1H3. The normalized spacial score (nSPS) is 10.1. The monoisotopic (exact) mass is 335 g/mol. The van der Waals surface area contributed by atoms with Gasteiger partial charge < -0.3 is 15.2 Å². The number of rotatable bonds is 4. The Morgan fingerprint density at radius 1 is 1.20 bits per heavy atom. The first kappa shape index (κ1) is 14.4. The van der Waals surface area contributed by atoms with Crippen LogP contribution in [-0.4, -0.2) is 13.1 Å². The van der Waals surface area contributed by atoms with Gasteiger partial charge in [0, 0.05) is 10.0 Å². The highest BCUT2D eigenvalue weighted by Crippen LogP contribution is 2.27. The number of anilines is 1. The Balaban J connectivity index is 2.18. The molecule has 2 aromatic carbocycles. The van der Waals surface area contributed by atoms with Crippen LogP contribution in [0.1, 0.15) is 15.9 Å². The number of hydrogen-bond acceptors (Lipinski definition) is 4. The van der Waals surface area contributed by atoms with E-state index in [-0.39, 0.29) is 5.69 Å². The summed E-state index contributed by atoms with van der Waals surface area (Å²) in [5.41, 5.74) is 7.51. The number of methoxy groups -OCH3 is 1. The summed E-state index contributed by atoms with van der Waals surface area (Å²) in [5.74, 6) is -0.0162. The van der Waals surface area contributed by atoms with E-state index in [1.54, 1.807) is 18.2 Å². The SMILES string of the molecule is COC(=O)c1cccc(OCc2ccccc2Br)c1N. The predicted octanol–water partition coefficient (Wildman–Crippen LogP) is 3.40. The molecule has 0 heterocycles. The van der Waals surface area contributed by atoms with Gasteiger partial charge in [-0.3, -0.25) is 0 Å². The maximum atomic E-state index is 11.5. The average Bonchev–Trinajstić information content (AvgIpc) is 2.47. The molecule has 0 aromatic heterocycles. The summed E-state index contributed by atoms with van der Waals surface area (Å²) in [6, 6.07) is 12.8. The van der Waals surface area contributed by atoms with E-state index in [0.717, 1.165) is 10.0 Å². The van der Waals surface area contributed by atoms with Gasteiger partial charge in [0.25, 0.3) is 0 Å². The third kappa shape index (κ3) is 3.11. The largest absolute Gasteiger partial charge is 0.487 e. The molecule has 0 bridgehead atoms. The number of halogens is 1. The Kier molecular flexibility index (Phi) is 4.63. The van der Waals surface area contributed by atoms with Crippen molar-refractivity contribution in [3.8, 4) is 5.75 Å². The molecule has 0 aliphatic heterocycles. The van der Waals surface area contributed by atoms with Crippen LogP contribution in [0.15, 0.2) is 46.9 Å². The van der Waals surface area contributed by atoms with Crippen LogP contribution in [-0.2, 0) is 11.3 Å². The van der Waals surface area contributed by atoms with Crippen LogP contribution in [0.3, 0.4) is 0 Å². The molecule has 0 atom stereocenters. The van der Waals surface area contributed by atoms with Gasteiger partial charge in [-0.1, -0.05) is 40.2 Å². The van der Waals surface area contributed by atoms with E-state index in [2.05, 4.69) is 20.7 Å². The smallest absolute Gasteiger partial charge is 0.340 e. The van der Waals surface area contributed by atoms with Gasteiger partial charge in [0.2, 0.25) is 0 Å². The molecule has 4 nitrogen and oxygen atoms in total. The minimum Gasteiger partial charge on any atom is -0.487 e. The first-order chi connectivity index (χ1) is 9.63. The minimum absolute atomic E-state index is 0.284. The summed E-state index contributed by atoms with van der Waals surface area (Å²) < 4.78 is 11.3. The molecule has 2 aromatic rings. The molecule has 0 saturated heterocycles. The van der Waals surface area contributed by atoms with Gasteiger partial charge in [-0.2, -0.15) is 0 Å².